The Balaban J connectivity index is 2.00. The Hall–Kier alpha value is -0.860. The van der Waals surface area contributed by atoms with Gasteiger partial charge in [-0.15, -0.1) is 0 Å². The van der Waals surface area contributed by atoms with Gasteiger partial charge >= 0.3 is 0 Å². The lowest BCUT2D eigenvalue weighted by Crippen LogP contribution is -2.43. The molecule has 0 aliphatic carbocycles. The first-order valence-electron chi connectivity index (χ1n) is 8.54. The fourth-order valence-electron chi connectivity index (χ4n) is 3.45. The van der Waals surface area contributed by atoms with Crippen molar-refractivity contribution >= 4 is 0 Å². The molecule has 1 aromatic rings. The summed E-state index contributed by atoms with van der Waals surface area (Å²) in [5.41, 5.74) is 8.82. The topological polar surface area (TPSA) is 29.3 Å². The highest BCUT2D eigenvalue weighted by molar-refractivity contribution is 5.25. The summed E-state index contributed by atoms with van der Waals surface area (Å²) in [6, 6.07) is 9.74. The van der Waals surface area contributed by atoms with Crippen molar-refractivity contribution in [2.75, 3.05) is 19.6 Å². The van der Waals surface area contributed by atoms with E-state index < -0.39 is 0 Å². The largest absolute Gasteiger partial charge is 0.330 e. The molecular formula is C19H32N2. The van der Waals surface area contributed by atoms with Gasteiger partial charge in [0.25, 0.3) is 0 Å². The van der Waals surface area contributed by atoms with Crippen LogP contribution in [0.25, 0.3) is 0 Å². The number of rotatable bonds is 5. The summed E-state index contributed by atoms with van der Waals surface area (Å²) in [5, 5.41) is 0. The molecule has 118 valence electrons. The van der Waals surface area contributed by atoms with Crippen LogP contribution in [0.5, 0.6) is 0 Å². The minimum Gasteiger partial charge on any atom is -0.330 e. The van der Waals surface area contributed by atoms with E-state index in [4.69, 9.17) is 5.73 Å². The summed E-state index contributed by atoms with van der Waals surface area (Å²) in [6.07, 6.45) is 2.45. The number of hydrogen-bond acceptors (Lipinski definition) is 2. The Bertz CT molecular complexity index is 424. The standard InChI is InChI=1S/C19H32N2/c1-14(2)11-17-5-7-18(8-6-17)16(4)21-10-9-15(3)19(12-20)13-21/h5-8,14-16,19H,9-13,20H2,1-4H3. The number of likely N-dealkylation sites (tertiary alicyclic amines) is 1. The van der Waals surface area contributed by atoms with Crippen LogP contribution >= 0.6 is 0 Å². The fraction of sp³-hybridized carbons (Fsp3) is 0.684. The SMILES string of the molecule is CC(C)Cc1ccc(C(C)N2CCC(C)C(CN)C2)cc1. The van der Waals surface area contributed by atoms with Crippen LogP contribution in [0.1, 0.15) is 51.3 Å². The molecule has 1 heterocycles. The van der Waals surface area contributed by atoms with Gasteiger partial charge in [0, 0.05) is 12.6 Å². The van der Waals surface area contributed by atoms with Crippen molar-refractivity contribution in [3.63, 3.8) is 0 Å². The average molecular weight is 288 g/mol. The number of benzene rings is 1. The van der Waals surface area contributed by atoms with Crippen molar-refractivity contribution < 1.29 is 0 Å². The summed E-state index contributed by atoms with van der Waals surface area (Å²) >= 11 is 0. The molecule has 21 heavy (non-hydrogen) atoms. The molecule has 1 saturated heterocycles. The van der Waals surface area contributed by atoms with Gasteiger partial charge in [-0.2, -0.15) is 0 Å². The van der Waals surface area contributed by atoms with Crippen LogP contribution < -0.4 is 5.73 Å². The van der Waals surface area contributed by atoms with E-state index >= 15 is 0 Å². The van der Waals surface area contributed by atoms with Crippen LogP contribution in [0.2, 0.25) is 0 Å². The van der Waals surface area contributed by atoms with E-state index in [-0.39, 0.29) is 0 Å². The lowest BCUT2D eigenvalue weighted by atomic mass is 9.86. The van der Waals surface area contributed by atoms with Gasteiger partial charge in [0.15, 0.2) is 0 Å². The smallest absolute Gasteiger partial charge is 0.0320 e. The van der Waals surface area contributed by atoms with E-state index in [1.54, 1.807) is 0 Å². The lowest BCUT2D eigenvalue weighted by molar-refractivity contribution is 0.0978. The first-order valence-corrected chi connectivity index (χ1v) is 8.54. The second-order valence-corrected chi connectivity index (χ2v) is 7.27. The second kappa shape index (κ2) is 7.42. The Kier molecular flexibility index (Phi) is 5.83. The molecule has 2 heteroatoms. The van der Waals surface area contributed by atoms with Crippen LogP contribution in [0.15, 0.2) is 24.3 Å². The minimum atomic E-state index is 0.500. The van der Waals surface area contributed by atoms with Crippen molar-refractivity contribution in [2.24, 2.45) is 23.5 Å². The normalized spacial score (nSPS) is 25.2. The van der Waals surface area contributed by atoms with E-state index in [9.17, 15) is 0 Å². The lowest BCUT2D eigenvalue weighted by Gasteiger charge is -2.40. The zero-order valence-corrected chi connectivity index (χ0v) is 14.2. The molecule has 3 atom stereocenters. The van der Waals surface area contributed by atoms with Crippen LogP contribution in [0.4, 0.5) is 0 Å². The molecule has 3 unspecified atom stereocenters. The quantitative estimate of drug-likeness (QED) is 0.891. The van der Waals surface area contributed by atoms with Crippen molar-refractivity contribution in [1.29, 1.82) is 0 Å². The summed E-state index contributed by atoms with van der Waals surface area (Å²) in [5.74, 6) is 2.15. The second-order valence-electron chi connectivity index (χ2n) is 7.27. The highest BCUT2D eigenvalue weighted by Gasteiger charge is 2.28. The van der Waals surface area contributed by atoms with Crippen LogP contribution in [0, 0.1) is 17.8 Å². The third kappa shape index (κ3) is 4.31. The summed E-state index contributed by atoms with van der Waals surface area (Å²) in [6.45, 7) is 12.4. The predicted molar refractivity (Wildman–Crippen MR) is 91.3 cm³/mol. The molecule has 1 aliphatic rings. The van der Waals surface area contributed by atoms with E-state index in [1.807, 2.05) is 0 Å². The van der Waals surface area contributed by atoms with Gasteiger partial charge in [-0.05, 0) is 61.7 Å². The van der Waals surface area contributed by atoms with Gasteiger partial charge in [0.05, 0.1) is 0 Å². The number of hydrogen-bond donors (Lipinski definition) is 1. The van der Waals surface area contributed by atoms with Gasteiger partial charge in [-0.3, -0.25) is 4.90 Å². The van der Waals surface area contributed by atoms with E-state index in [0.717, 1.165) is 24.9 Å². The first kappa shape index (κ1) is 16.5. The van der Waals surface area contributed by atoms with Crippen LogP contribution in [-0.4, -0.2) is 24.5 Å². The molecule has 0 saturated carbocycles. The minimum absolute atomic E-state index is 0.500. The molecule has 1 aromatic carbocycles. The van der Waals surface area contributed by atoms with E-state index in [1.165, 1.54) is 30.5 Å². The summed E-state index contributed by atoms with van der Waals surface area (Å²) in [7, 11) is 0. The van der Waals surface area contributed by atoms with Gasteiger partial charge in [-0.25, -0.2) is 0 Å². The van der Waals surface area contributed by atoms with E-state index in [2.05, 4.69) is 56.9 Å². The highest BCUT2D eigenvalue weighted by Crippen LogP contribution is 2.29. The molecule has 2 rings (SSSR count). The third-order valence-electron chi connectivity index (χ3n) is 5.10. The van der Waals surface area contributed by atoms with Gasteiger partial charge in [0.1, 0.15) is 0 Å². The van der Waals surface area contributed by atoms with Crippen LogP contribution in [-0.2, 0) is 6.42 Å². The Morgan fingerprint density at radius 1 is 1.19 bits per heavy atom. The molecule has 2 N–H and O–H groups in total. The maximum Gasteiger partial charge on any atom is 0.0320 e. The molecule has 0 aromatic heterocycles. The zero-order valence-electron chi connectivity index (χ0n) is 14.2. The summed E-state index contributed by atoms with van der Waals surface area (Å²) < 4.78 is 0. The molecular weight excluding hydrogens is 256 g/mol. The maximum absolute atomic E-state index is 5.93. The maximum atomic E-state index is 5.93. The monoisotopic (exact) mass is 288 g/mol. The molecule has 1 aliphatic heterocycles. The van der Waals surface area contributed by atoms with Gasteiger partial charge in [0.2, 0.25) is 0 Å². The van der Waals surface area contributed by atoms with Crippen LogP contribution in [0.3, 0.4) is 0 Å². The van der Waals surface area contributed by atoms with Crippen molar-refractivity contribution in [3.05, 3.63) is 35.4 Å². The average Bonchev–Trinajstić information content (AvgIpc) is 2.47. The molecule has 1 fully saturated rings. The summed E-state index contributed by atoms with van der Waals surface area (Å²) in [4.78, 5) is 2.61. The van der Waals surface area contributed by atoms with Gasteiger partial charge in [-0.1, -0.05) is 45.0 Å². The van der Waals surface area contributed by atoms with Crippen molar-refractivity contribution in [3.8, 4) is 0 Å². The van der Waals surface area contributed by atoms with E-state index in [0.29, 0.717) is 12.0 Å². The Morgan fingerprint density at radius 3 is 2.43 bits per heavy atom. The number of piperidine rings is 1. The zero-order chi connectivity index (χ0) is 15.4. The fourth-order valence-corrected chi connectivity index (χ4v) is 3.45. The number of nitrogens with zero attached hydrogens (tertiary/aromatic N) is 1. The first-order chi connectivity index (χ1) is 10.0. The highest BCUT2D eigenvalue weighted by atomic mass is 15.2. The van der Waals surface area contributed by atoms with Crippen molar-refractivity contribution in [1.82, 2.24) is 4.90 Å². The third-order valence-corrected chi connectivity index (χ3v) is 5.10. The predicted octanol–water partition coefficient (Wildman–Crippen LogP) is 3.86. The molecule has 0 bridgehead atoms. The van der Waals surface area contributed by atoms with Gasteiger partial charge < -0.3 is 5.73 Å². The Morgan fingerprint density at radius 2 is 1.86 bits per heavy atom. The number of nitrogens with two attached hydrogens (primary N) is 1. The molecule has 2 nitrogen and oxygen atoms in total. The molecule has 0 amide bonds. The molecule has 0 radical (unpaired) electrons. The Labute approximate surface area is 130 Å². The van der Waals surface area contributed by atoms with Crippen molar-refractivity contribution in [2.45, 2.75) is 46.6 Å². The molecule has 0 spiro atoms.